The van der Waals surface area contributed by atoms with Crippen molar-refractivity contribution in [2.45, 2.75) is 336 Å². The minimum absolute atomic E-state index is 0.00101. The molecule has 10 aliphatic carbocycles. The molecule has 14 aliphatic rings. The second-order valence-electron chi connectivity index (χ2n) is 41.2. The zero-order valence-electron chi connectivity index (χ0n) is 76.7. The SMILES string of the molecule is CCCC(=O)Oc1ccc2c(c1)[C@@]1(C)CCCCC[C@@H](C2)[C@@H]1N.CCN(C(=O)Oc1ccc2c(c1)[C@@]1(C)CCCCC[C@@H](C2)[C@@H]1N)C1COC1.COC1CN(C(=O)Oc2ccc3c(c2)[C@@]2(C)CCCCC[C@@H](C3)[C@@H]2N)C1.C[C@@]12CCCCC[C@@H](Cc3ccc(OC(=O)CC4CNC4)cc31)[C@@H]2N.C[C@@]12CCCCC[C@@H](Cc3ccc(OC(=O)N4CCC4)cc31)[C@@H]2N. The Balaban J connectivity index is 0.000000121. The maximum absolute atomic E-state index is 12.6. The number of benzene rings is 5. The van der Waals surface area contributed by atoms with Gasteiger partial charge in [-0.05, 0) is 281 Å². The summed E-state index contributed by atoms with van der Waals surface area (Å²) in [6, 6.07) is 32.1. The van der Waals surface area contributed by atoms with E-state index in [-0.39, 0.29) is 99.6 Å². The number of ether oxygens (including phenoxy) is 7. The second-order valence-corrected chi connectivity index (χ2v) is 41.2. The molecule has 10 bridgehead atoms. The summed E-state index contributed by atoms with van der Waals surface area (Å²) in [7, 11) is 1.67. The molecule has 4 aliphatic heterocycles. The zero-order valence-corrected chi connectivity index (χ0v) is 76.7. The fraction of sp³-hybridized carbons (Fsp3) is 0.663. The van der Waals surface area contributed by atoms with Gasteiger partial charge in [0.15, 0.2) is 0 Å². The molecule has 0 spiro atoms. The topological polar surface area (TPSA) is 302 Å². The number of fused-ring (bicyclic) bond motifs is 20. The van der Waals surface area contributed by atoms with E-state index in [9.17, 15) is 24.0 Å². The molecule has 5 aromatic rings. The number of esters is 2. The van der Waals surface area contributed by atoms with Gasteiger partial charge in [0.2, 0.25) is 0 Å². The third kappa shape index (κ3) is 20.1. The summed E-state index contributed by atoms with van der Waals surface area (Å²) < 4.78 is 38.6. The largest absolute Gasteiger partial charge is 0.427 e. The van der Waals surface area contributed by atoms with Crippen LogP contribution in [0.2, 0.25) is 0 Å². The molecular weight excluding hydrogens is 1570 g/mol. The monoisotopic (exact) mass is 1720 g/mol. The Hall–Kier alpha value is -7.47. The lowest BCUT2D eigenvalue weighted by Crippen LogP contribution is -2.55. The molecule has 21 heteroatoms. The number of likely N-dealkylation sites (N-methyl/N-ethyl adjacent to an activating group) is 1. The van der Waals surface area contributed by atoms with Gasteiger partial charge in [0.05, 0.1) is 44.9 Å². The predicted molar refractivity (Wildman–Crippen MR) is 491 cm³/mol. The van der Waals surface area contributed by atoms with Crippen molar-refractivity contribution in [1.29, 1.82) is 0 Å². The summed E-state index contributed by atoms with van der Waals surface area (Å²) in [5.74, 6) is 6.33. The number of rotatable bonds is 12. The average molecular weight is 1720 g/mol. The van der Waals surface area contributed by atoms with Crippen LogP contribution < -0.4 is 57.7 Å². The van der Waals surface area contributed by atoms with Crippen molar-refractivity contribution in [2.75, 3.05) is 66.1 Å². The number of hydrogen-bond donors (Lipinski definition) is 6. The third-order valence-corrected chi connectivity index (χ3v) is 33.0. The molecule has 4 heterocycles. The van der Waals surface area contributed by atoms with Crippen LogP contribution in [0.1, 0.15) is 290 Å². The molecular formula is C104H149N9O12. The molecule has 125 heavy (non-hydrogen) atoms. The van der Waals surface area contributed by atoms with Gasteiger partial charge in [0.25, 0.3) is 0 Å². The Bertz CT molecular complexity index is 4580. The van der Waals surface area contributed by atoms with Crippen molar-refractivity contribution in [3.63, 3.8) is 0 Å². The van der Waals surface area contributed by atoms with Crippen LogP contribution in [0, 0.1) is 35.5 Å². The fourth-order valence-electron chi connectivity index (χ4n) is 24.4. The van der Waals surface area contributed by atoms with E-state index in [1.807, 2.05) is 44.2 Å². The first kappa shape index (κ1) is 92.3. The third-order valence-electron chi connectivity index (χ3n) is 33.0. The molecule has 5 aromatic carbocycles. The van der Waals surface area contributed by atoms with Gasteiger partial charge in [0.1, 0.15) is 28.7 Å². The highest BCUT2D eigenvalue weighted by Gasteiger charge is 2.50. The first-order valence-electron chi connectivity index (χ1n) is 48.8. The molecule has 9 fully saturated rings. The van der Waals surface area contributed by atoms with E-state index in [1.54, 1.807) is 21.8 Å². The molecule has 0 radical (unpaired) electrons. The van der Waals surface area contributed by atoms with Gasteiger partial charge in [0, 0.05) is 90.4 Å². The van der Waals surface area contributed by atoms with Crippen molar-refractivity contribution in [2.24, 2.45) is 64.2 Å². The van der Waals surface area contributed by atoms with Crippen molar-refractivity contribution in [1.82, 2.24) is 20.0 Å². The van der Waals surface area contributed by atoms with Crippen LogP contribution in [-0.2, 0) is 78.2 Å². The minimum Gasteiger partial charge on any atom is -0.427 e. The molecule has 19 rings (SSSR count). The number of carbonyl (C=O) groups excluding carboxylic acids is 5. The van der Waals surface area contributed by atoms with E-state index < -0.39 is 0 Å². The van der Waals surface area contributed by atoms with Gasteiger partial charge in [-0.2, -0.15) is 0 Å². The molecule has 0 aromatic heterocycles. The van der Waals surface area contributed by atoms with E-state index in [0.717, 1.165) is 103 Å². The number of nitrogens with one attached hydrogen (secondary N) is 1. The number of nitrogens with two attached hydrogens (primary N) is 5. The maximum Gasteiger partial charge on any atom is 0.415 e. The number of likely N-dealkylation sites (tertiary alicyclic amines) is 2. The van der Waals surface area contributed by atoms with Crippen LogP contribution in [0.5, 0.6) is 28.7 Å². The van der Waals surface area contributed by atoms with E-state index in [2.05, 4.69) is 101 Å². The number of nitrogens with zero attached hydrogens (tertiary/aromatic N) is 3. The van der Waals surface area contributed by atoms with Crippen molar-refractivity contribution in [3.05, 3.63) is 147 Å². The smallest absolute Gasteiger partial charge is 0.415 e. The molecule has 11 N–H and O–H groups in total. The highest BCUT2D eigenvalue weighted by atomic mass is 16.6. The molecule has 682 valence electrons. The normalized spacial score (nSPS) is 31.2. The lowest BCUT2D eigenvalue weighted by molar-refractivity contribution is -0.136. The Kier molecular flexibility index (Phi) is 29.7. The minimum atomic E-state index is -0.293. The molecule has 5 saturated carbocycles. The molecule has 21 nitrogen and oxygen atoms in total. The van der Waals surface area contributed by atoms with Crippen LogP contribution in [-0.4, -0.2) is 153 Å². The van der Waals surface area contributed by atoms with Crippen LogP contribution in [0.15, 0.2) is 91.0 Å². The predicted octanol–water partition coefficient (Wildman–Crippen LogP) is 17.5. The Labute approximate surface area is 745 Å². The summed E-state index contributed by atoms with van der Waals surface area (Å²) >= 11 is 0. The van der Waals surface area contributed by atoms with Crippen LogP contribution in [0.3, 0.4) is 0 Å². The van der Waals surface area contributed by atoms with E-state index in [4.69, 9.17) is 61.8 Å². The van der Waals surface area contributed by atoms with Crippen molar-refractivity contribution in [3.8, 4) is 28.7 Å². The van der Waals surface area contributed by atoms with E-state index in [1.165, 1.54) is 184 Å². The van der Waals surface area contributed by atoms with Gasteiger partial charge in [-0.15, -0.1) is 0 Å². The van der Waals surface area contributed by atoms with Gasteiger partial charge in [-0.3, -0.25) is 9.59 Å². The Morgan fingerprint density at radius 1 is 0.416 bits per heavy atom. The standard InChI is InChI=1S/C22H32N2O3.C21H30N2O3.C21H30N2O2.C20H28N2O2.C20H29NO2/c1-3-24(17-13-26-14-17)21(25)27-18-9-8-15-11-16-7-5-4-6-10-22(2,20(16)23)19(15)12-18;1-21-9-5-3-4-6-15(19(21)22)10-14-7-8-16(11-18(14)21)26-20(24)23-12-17(13-23)25-2;1-21-8-4-2-3-5-16(20(21)22)10-15-6-7-17(11-18(15)21)25-19(24)9-14-12-23-13-14;1-20-9-4-2-3-6-15(18(20)21)12-14-7-8-16(13-17(14)20)24-19(23)22-10-5-11-22;1-3-7-18(22)23-16-10-9-14-12-15-8-5-4-6-11-20(2,19(15)21)17(14)13-16/h8-9,12,16-17,20H,3-7,10-11,13-14,23H2,1-2H3;7-8,11,15,17,19H,3-6,9-10,12-13,22H2,1-2H3;6-7,11,14,16,20,23H,2-5,8-10,12-13,22H2,1H3;7-8,13,15,18H,2-6,9-12,21H2,1H3;9-10,13,15,19H,3-8,11-12,21H2,1-2H3/t16-,20-,22+;15-,19-,21+;16-,20-,21+;15-,18-,20+;15-,19-,20+/m00000/s1. The molecule has 4 saturated heterocycles. The summed E-state index contributed by atoms with van der Waals surface area (Å²) in [4.78, 5) is 66.2. The Morgan fingerprint density at radius 2 is 0.736 bits per heavy atom. The lowest BCUT2D eigenvalue weighted by Gasteiger charge is -2.47. The van der Waals surface area contributed by atoms with E-state index >= 15 is 0 Å². The number of methoxy groups -OCH3 is 1. The molecule has 3 amide bonds. The highest BCUT2D eigenvalue weighted by molar-refractivity contribution is 5.75. The van der Waals surface area contributed by atoms with Gasteiger partial charge < -0.3 is 81.8 Å². The number of amides is 3. The summed E-state index contributed by atoms with van der Waals surface area (Å²) in [5, 5.41) is 3.19. The fourth-order valence-corrected chi connectivity index (χ4v) is 24.4. The van der Waals surface area contributed by atoms with Crippen LogP contribution in [0.4, 0.5) is 14.4 Å². The zero-order chi connectivity index (χ0) is 88.0. The molecule has 15 atom stereocenters. The highest BCUT2D eigenvalue weighted by Crippen LogP contribution is 2.53. The van der Waals surface area contributed by atoms with Crippen molar-refractivity contribution >= 4 is 30.2 Å². The summed E-state index contributed by atoms with van der Waals surface area (Å²) in [6.45, 7) is 22.0. The van der Waals surface area contributed by atoms with Crippen LogP contribution >= 0.6 is 0 Å². The van der Waals surface area contributed by atoms with Crippen molar-refractivity contribution < 1.29 is 57.1 Å². The van der Waals surface area contributed by atoms with Gasteiger partial charge in [-0.1, -0.05) is 168 Å². The van der Waals surface area contributed by atoms with Gasteiger partial charge in [-0.25, -0.2) is 14.4 Å². The summed E-state index contributed by atoms with van der Waals surface area (Å²) in [6.07, 6.45) is 38.3. The first-order chi connectivity index (χ1) is 60.2. The van der Waals surface area contributed by atoms with Gasteiger partial charge >= 0.3 is 30.2 Å². The molecule has 0 unspecified atom stereocenters. The number of carbonyl (C=O) groups is 5. The Morgan fingerprint density at radius 3 is 1.02 bits per heavy atom. The quantitative estimate of drug-likeness (QED) is 0.0499. The first-order valence-corrected chi connectivity index (χ1v) is 48.8. The second kappa shape index (κ2) is 40.3. The maximum atomic E-state index is 12.6. The van der Waals surface area contributed by atoms with Crippen LogP contribution in [0.25, 0.3) is 0 Å². The summed E-state index contributed by atoms with van der Waals surface area (Å²) in [5.41, 5.74) is 47.0. The van der Waals surface area contributed by atoms with E-state index in [0.29, 0.717) is 110 Å². The number of hydrogen-bond acceptors (Lipinski definition) is 18. The lowest BCUT2D eigenvalue weighted by atomic mass is 9.60. The average Bonchev–Trinajstić information content (AvgIpc) is 0.768.